The summed E-state index contributed by atoms with van der Waals surface area (Å²) in [5.74, 6) is -5.12. The van der Waals surface area contributed by atoms with Gasteiger partial charge in [0.2, 0.25) is 0 Å². The van der Waals surface area contributed by atoms with Gasteiger partial charge in [-0.25, -0.2) is 0 Å². The molecule has 0 aromatic rings. The Hall–Kier alpha value is -0.740. The van der Waals surface area contributed by atoms with Crippen LogP contribution in [-0.4, -0.2) is 94.0 Å². The molecule has 8 N–H and O–H groups in total. The second-order valence-electron chi connectivity index (χ2n) is 9.10. The fraction of sp³-hybridized carbons (Fsp3) is 0.750. The van der Waals surface area contributed by atoms with E-state index in [2.05, 4.69) is 15.8 Å². The molecule has 0 aromatic carbocycles. The highest BCUT2D eigenvalue weighted by Gasteiger charge is 2.76. The van der Waals surface area contributed by atoms with Crippen molar-refractivity contribution in [2.75, 3.05) is 6.61 Å². The molecule has 3 aliphatic rings. The molecule has 0 radical (unpaired) electrons. The van der Waals surface area contributed by atoms with Crippen molar-refractivity contribution < 1.29 is 45.6 Å². The third-order valence-corrected chi connectivity index (χ3v) is 8.23. The van der Waals surface area contributed by atoms with Crippen LogP contribution in [0.25, 0.3) is 0 Å². The Morgan fingerprint density at radius 1 is 1.20 bits per heavy atom. The summed E-state index contributed by atoms with van der Waals surface area (Å²) >= 11 is 0. The minimum atomic E-state index is -2.88. The fourth-order valence-corrected chi connectivity index (χ4v) is 6.17. The molecule has 0 amide bonds. The first-order valence-corrected chi connectivity index (χ1v) is 10.5. The van der Waals surface area contributed by atoms with Crippen molar-refractivity contribution >= 4 is 15.0 Å². The highest BCUT2D eigenvalue weighted by atomic mass is 31.0. The number of hydrogen-bond donors (Lipinski definition) is 8. The molecule has 1 unspecified atom stereocenters. The number of aliphatic hydroxyl groups is 8. The summed E-state index contributed by atoms with van der Waals surface area (Å²) in [5.41, 5.74) is -9.83. The van der Waals surface area contributed by atoms with E-state index in [0.717, 1.165) is 0 Å². The summed E-state index contributed by atoms with van der Waals surface area (Å²) in [4.78, 5) is 12.9. The standard InChI is InChI=1S/C20H31O9P/c1-4-10-6-17(26,9(3)30)14(23)12-15(24)18(27,7-21)16(25)20(29)11(19(10,12)28)5-8(2)13(20)22/h5,10-12,14-16,21,23-29H,3-4,6-7,30H2,1-2H3/t10-,11+,12-,14-,15+,16-,17-,18+,19+,20-/m1/s1. The average molecular weight is 446 g/mol. The quantitative estimate of drug-likeness (QED) is 0.219. The van der Waals surface area contributed by atoms with Gasteiger partial charge in [0.15, 0.2) is 11.4 Å². The number of hydrogen-bond acceptors (Lipinski definition) is 9. The van der Waals surface area contributed by atoms with E-state index >= 15 is 0 Å². The Bertz CT molecular complexity index is 801. The minimum absolute atomic E-state index is 0.0195. The zero-order valence-electron chi connectivity index (χ0n) is 16.9. The second-order valence-corrected chi connectivity index (χ2v) is 9.79. The van der Waals surface area contributed by atoms with Crippen molar-refractivity contribution in [3.8, 4) is 0 Å². The van der Waals surface area contributed by atoms with Crippen LogP contribution >= 0.6 is 9.24 Å². The van der Waals surface area contributed by atoms with Gasteiger partial charge in [-0.1, -0.05) is 26.0 Å². The number of aliphatic hydroxyl groups excluding tert-OH is 4. The maximum absolute atomic E-state index is 12.9. The minimum Gasteiger partial charge on any atom is -0.393 e. The monoisotopic (exact) mass is 446 g/mol. The lowest BCUT2D eigenvalue weighted by Gasteiger charge is -2.58. The molecule has 0 aliphatic heterocycles. The van der Waals surface area contributed by atoms with Crippen molar-refractivity contribution in [3.05, 3.63) is 23.5 Å². The number of fused-ring (bicyclic) bond motifs is 3. The van der Waals surface area contributed by atoms with Crippen LogP contribution in [0, 0.1) is 17.8 Å². The van der Waals surface area contributed by atoms with Crippen LogP contribution in [-0.2, 0) is 4.79 Å². The molecule has 10 heteroatoms. The van der Waals surface area contributed by atoms with E-state index in [-0.39, 0.29) is 23.7 Å². The van der Waals surface area contributed by atoms with Gasteiger partial charge in [-0.3, -0.25) is 4.79 Å². The SMILES string of the molecule is C=C(P)[C@]1(O)C[C@@H](CC)[C@@]2(O)[C@H]([C@H]1O)[C@H](O)[C@@](O)(CO)[C@@H](O)[C@]1(O)C(=O)C(C)=C[C@H]12. The molecule has 3 aliphatic carbocycles. The van der Waals surface area contributed by atoms with Crippen LogP contribution in [0.5, 0.6) is 0 Å². The molecule has 0 spiro atoms. The summed E-state index contributed by atoms with van der Waals surface area (Å²) in [6.07, 6.45) is -5.25. The Kier molecular flexibility index (Phi) is 5.69. The second kappa shape index (κ2) is 7.13. The van der Waals surface area contributed by atoms with Gasteiger partial charge in [-0.05, 0) is 30.1 Å². The van der Waals surface area contributed by atoms with Crippen LogP contribution in [0.3, 0.4) is 0 Å². The molecule has 3 rings (SSSR count). The molecule has 30 heavy (non-hydrogen) atoms. The van der Waals surface area contributed by atoms with Gasteiger partial charge < -0.3 is 40.9 Å². The van der Waals surface area contributed by atoms with Crippen molar-refractivity contribution in [3.63, 3.8) is 0 Å². The van der Waals surface area contributed by atoms with E-state index in [9.17, 15) is 45.6 Å². The zero-order chi connectivity index (χ0) is 23.0. The van der Waals surface area contributed by atoms with Gasteiger partial charge in [0, 0.05) is 11.8 Å². The first-order chi connectivity index (χ1) is 13.7. The van der Waals surface area contributed by atoms with Gasteiger partial charge in [0.1, 0.15) is 17.3 Å². The van der Waals surface area contributed by atoms with E-state index in [1.807, 2.05) is 0 Å². The summed E-state index contributed by atoms with van der Waals surface area (Å²) in [7, 11) is 2.18. The molecule has 0 saturated heterocycles. The Morgan fingerprint density at radius 2 is 1.77 bits per heavy atom. The first kappa shape index (κ1) is 23.9. The van der Waals surface area contributed by atoms with Crippen LogP contribution in [0.1, 0.15) is 26.7 Å². The van der Waals surface area contributed by atoms with Gasteiger partial charge in [-0.2, -0.15) is 0 Å². The average Bonchev–Trinajstić information content (AvgIpc) is 2.92. The highest BCUT2D eigenvalue weighted by Crippen LogP contribution is 2.60. The van der Waals surface area contributed by atoms with E-state index in [0.29, 0.717) is 0 Å². The van der Waals surface area contributed by atoms with E-state index in [4.69, 9.17) is 0 Å². The molecule has 0 heterocycles. The van der Waals surface area contributed by atoms with Crippen molar-refractivity contribution in [1.29, 1.82) is 0 Å². The Morgan fingerprint density at radius 3 is 2.23 bits per heavy atom. The predicted octanol–water partition coefficient (Wildman–Crippen LogP) is -2.42. The predicted molar refractivity (Wildman–Crippen MR) is 108 cm³/mol. The van der Waals surface area contributed by atoms with Gasteiger partial charge in [-0.15, -0.1) is 9.24 Å². The Labute approximate surface area is 176 Å². The molecule has 2 fully saturated rings. The maximum atomic E-state index is 12.9. The highest BCUT2D eigenvalue weighted by molar-refractivity contribution is 7.22. The number of Topliss-reactive ketones (excluding diaryl/α,β-unsaturated/α-hetero) is 1. The molecule has 0 bridgehead atoms. The summed E-state index contributed by atoms with van der Waals surface area (Å²) in [5, 5.41) is 88.6. The molecule has 9 nitrogen and oxygen atoms in total. The lowest BCUT2D eigenvalue weighted by atomic mass is 9.54. The normalized spacial score (nSPS) is 53.6. The number of rotatable bonds is 3. The summed E-state index contributed by atoms with van der Waals surface area (Å²) < 4.78 is 0. The zero-order valence-corrected chi connectivity index (χ0v) is 18.1. The molecule has 11 atom stereocenters. The molecular formula is C20H31O9P. The lowest BCUT2D eigenvalue weighted by Crippen LogP contribution is -2.71. The van der Waals surface area contributed by atoms with Crippen LogP contribution in [0.2, 0.25) is 0 Å². The van der Waals surface area contributed by atoms with Gasteiger partial charge in [0.05, 0.1) is 24.4 Å². The van der Waals surface area contributed by atoms with E-state index < -0.39 is 70.9 Å². The van der Waals surface area contributed by atoms with E-state index in [1.165, 1.54) is 13.0 Å². The van der Waals surface area contributed by atoms with Crippen LogP contribution in [0.4, 0.5) is 0 Å². The van der Waals surface area contributed by atoms with Crippen molar-refractivity contribution in [2.24, 2.45) is 17.8 Å². The third kappa shape index (κ3) is 2.59. The molecule has 0 aromatic heterocycles. The number of ketones is 1. The topological polar surface area (TPSA) is 179 Å². The van der Waals surface area contributed by atoms with Crippen molar-refractivity contribution in [1.82, 2.24) is 0 Å². The molecule has 170 valence electrons. The van der Waals surface area contributed by atoms with Crippen molar-refractivity contribution in [2.45, 2.75) is 67.4 Å². The largest absolute Gasteiger partial charge is 0.393 e. The van der Waals surface area contributed by atoms with Gasteiger partial charge >= 0.3 is 0 Å². The number of carbonyl (C=O) groups is 1. The maximum Gasteiger partial charge on any atom is 0.193 e. The van der Waals surface area contributed by atoms with Crippen LogP contribution < -0.4 is 0 Å². The number of carbonyl (C=O) groups excluding carboxylic acids is 1. The first-order valence-electron chi connectivity index (χ1n) is 9.91. The van der Waals surface area contributed by atoms with Crippen LogP contribution in [0.15, 0.2) is 23.5 Å². The smallest absolute Gasteiger partial charge is 0.193 e. The third-order valence-electron chi connectivity index (χ3n) is 7.73. The molecular weight excluding hydrogens is 415 g/mol. The lowest BCUT2D eigenvalue weighted by molar-refractivity contribution is -0.263. The molecule has 2 saturated carbocycles. The fourth-order valence-electron chi connectivity index (χ4n) is 5.89. The van der Waals surface area contributed by atoms with Gasteiger partial charge in [0.25, 0.3) is 0 Å². The summed E-state index contributed by atoms with van der Waals surface area (Å²) in [6.45, 7) is 5.44. The Balaban J connectivity index is 2.37. The van der Waals surface area contributed by atoms with E-state index in [1.54, 1.807) is 6.92 Å². The summed E-state index contributed by atoms with van der Waals surface area (Å²) in [6, 6.07) is 0.